The van der Waals surface area contributed by atoms with Crippen molar-refractivity contribution in [2.45, 2.75) is 20.0 Å². The zero-order valence-electron chi connectivity index (χ0n) is 10.6. The van der Waals surface area contributed by atoms with Crippen LogP contribution in [0.5, 0.6) is 0 Å². The van der Waals surface area contributed by atoms with Crippen LogP contribution in [-0.4, -0.2) is 37.1 Å². The number of hydrogen-bond acceptors (Lipinski definition) is 4. The molecule has 1 aromatic rings. The molecule has 0 aromatic carbocycles. The molecule has 94 valence electrons. The van der Waals surface area contributed by atoms with E-state index in [-0.39, 0.29) is 11.9 Å². The van der Waals surface area contributed by atoms with Crippen LogP contribution < -0.4 is 10.6 Å². The van der Waals surface area contributed by atoms with E-state index >= 15 is 0 Å². The molecule has 0 aliphatic rings. The molecule has 0 unspecified atom stereocenters. The lowest BCUT2D eigenvalue weighted by Crippen LogP contribution is -2.27. The molecule has 5 heteroatoms. The zero-order chi connectivity index (χ0) is 12.8. The molecule has 0 aliphatic heterocycles. The molecule has 0 fully saturated rings. The molecule has 5 nitrogen and oxygen atoms in total. The van der Waals surface area contributed by atoms with Crippen LogP contribution in [0.3, 0.4) is 0 Å². The van der Waals surface area contributed by atoms with Gasteiger partial charge in [0.15, 0.2) is 0 Å². The number of rotatable bonds is 6. The fourth-order valence-corrected chi connectivity index (χ4v) is 1.46. The van der Waals surface area contributed by atoms with Gasteiger partial charge in [-0.25, -0.2) is 0 Å². The van der Waals surface area contributed by atoms with Crippen molar-refractivity contribution in [3.8, 4) is 0 Å². The Balaban J connectivity index is 2.68. The van der Waals surface area contributed by atoms with Crippen LogP contribution in [0.1, 0.15) is 19.5 Å². The van der Waals surface area contributed by atoms with Gasteiger partial charge in [0.05, 0.1) is 18.4 Å². The van der Waals surface area contributed by atoms with Gasteiger partial charge in [-0.3, -0.25) is 10.4 Å². The highest BCUT2D eigenvalue weighted by Crippen LogP contribution is 2.15. The largest absolute Gasteiger partial charge is 0.382 e. The highest BCUT2D eigenvalue weighted by atomic mass is 16.5. The predicted molar refractivity (Wildman–Crippen MR) is 69.6 cm³/mol. The van der Waals surface area contributed by atoms with Crippen LogP contribution in [0.2, 0.25) is 0 Å². The summed E-state index contributed by atoms with van der Waals surface area (Å²) in [6.07, 6.45) is 1.86. The maximum atomic E-state index is 7.47. The average molecular weight is 236 g/mol. The van der Waals surface area contributed by atoms with Gasteiger partial charge in [-0.1, -0.05) is 0 Å². The SMILES string of the molecule is CC(C)OCCN(C)c1cccnc1C(=N)N. The summed E-state index contributed by atoms with van der Waals surface area (Å²) >= 11 is 0. The molecule has 1 rings (SSSR count). The molecule has 0 aliphatic carbocycles. The number of hydrogen-bond donors (Lipinski definition) is 2. The second kappa shape index (κ2) is 6.20. The fraction of sp³-hybridized carbons (Fsp3) is 0.500. The molecule has 3 N–H and O–H groups in total. The molecule has 0 spiro atoms. The summed E-state index contributed by atoms with van der Waals surface area (Å²) in [7, 11) is 1.94. The Morgan fingerprint density at radius 1 is 1.59 bits per heavy atom. The normalized spacial score (nSPS) is 10.6. The van der Waals surface area contributed by atoms with Gasteiger partial charge in [0.25, 0.3) is 0 Å². The van der Waals surface area contributed by atoms with E-state index in [4.69, 9.17) is 15.9 Å². The highest BCUT2D eigenvalue weighted by molar-refractivity contribution is 5.98. The lowest BCUT2D eigenvalue weighted by molar-refractivity contribution is 0.0846. The summed E-state index contributed by atoms with van der Waals surface area (Å²) in [6, 6.07) is 3.74. The van der Waals surface area contributed by atoms with Gasteiger partial charge in [-0.15, -0.1) is 0 Å². The van der Waals surface area contributed by atoms with Crippen molar-refractivity contribution >= 4 is 11.5 Å². The third-order valence-corrected chi connectivity index (χ3v) is 2.33. The molecular weight excluding hydrogens is 216 g/mol. The number of ether oxygens (including phenoxy) is 1. The van der Waals surface area contributed by atoms with Crippen molar-refractivity contribution in [2.75, 3.05) is 25.1 Å². The minimum Gasteiger partial charge on any atom is -0.382 e. The van der Waals surface area contributed by atoms with Crippen LogP contribution in [0.15, 0.2) is 18.3 Å². The van der Waals surface area contributed by atoms with Crippen molar-refractivity contribution in [3.05, 3.63) is 24.0 Å². The van der Waals surface area contributed by atoms with Gasteiger partial charge < -0.3 is 15.4 Å². The predicted octanol–water partition coefficient (Wildman–Crippen LogP) is 1.23. The van der Waals surface area contributed by atoms with Gasteiger partial charge in [-0.05, 0) is 26.0 Å². The van der Waals surface area contributed by atoms with Crippen LogP contribution in [0.4, 0.5) is 5.69 Å². The minimum atomic E-state index is -0.0165. The Kier molecular flexibility index (Phi) is 4.90. The third kappa shape index (κ3) is 4.03. The lowest BCUT2D eigenvalue weighted by atomic mass is 10.2. The second-order valence-electron chi connectivity index (χ2n) is 4.13. The summed E-state index contributed by atoms with van der Waals surface area (Å²) in [5.74, 6) is -0.0165. The van der Waals surface area contributed by atoms with Crippen molar-refractivity contribution in [1.82, 2.24) is 4.98 Å². The van der Waals surface area contributed by atoms with Crippen molar-refractivity contribution < 1.29 is 4.74 Å². The molecule has 0 saturated carbocycles. The number of aromatic nitrogens is 1. The van der Waals surface area contributed by atoms with Gasteiger partial charge in [0, 0.05) is 19.8 Å². The number of pyridine rings is 1. The topological polar surface area (TPSA) is 75.2 Å². The number of nitrogens with two attached hydrogens (primary N) is 1. The highest BCUT2D eigenvalue weighted by Gasteiger charge is 2.10. The van der Waals surface area contributed by atoms with Crippen molar-refractivity contribution in [2.24, 2.45) is 5.73 Å². The van der Waals surface area contributed by atoms with E-state index in [1.807, 2.05) is 37.9 Å². The first kappa shape index (κ1) is 13.4. The van der Waals surface area contributed by atoms with Crippen molar-refractivity contribution in [1.29, 1.82) is 5.41 Å². The lowest BCUT2D eigenvalue weighted by Gasteiger charge is -2.21. The number of amidine groups is 1. The van der Waals surface area contributed by atoms with E-state index < -0.39 is 0 Å². The Hall–Kier alpha value is -1.62. The maximum absolute atomic E-state index is 7.47. The zero-order valence-corrected chi connectivity index (χ0v) is 10.6. The quantitative estimate of drug-likeness (QED) is 0.575. The smallest absolute Gasteiger partial charge is 0.143 e. The van der Waals surface area contributed by atoms with Gasteiger partial charge >= 0.3 is 0 Å². The Morgan fingerprint density at radius 3 is 2.88 bits per heavy atom. The third-order valence-electron chi connectivity index (χ3n) is 2.33. The molecule has 1 aromatic heterocycles. The van der Waals surface area contributed by atoms with Gasteiger partial charge in [0.2, 0.25) is 0 Å². The summed E-state index contributed by atoms with van der Waals surface area (Å²) in [5, 5.41) is 7.47. The number of nitrogen functional groups attached to an aromatic ring is 1. The summed E-state index contributed by atoms with van der Waals surface area (Å²) in [6.45, 7) is 5.39. The number of anilines is 1. The van der Waals surface area contributed by atoms with Crippen molar-refractivity contribution in [3.63, 3.8) is 0 Å². The molecule has 0 atom stereocenters. The van der Waals surface area contributed by atoms with Crippen LogP contribution in [0, 0.1) is 5.41 Å². The fourth-order valence-electron chi connectivity index (χ4n) is 1.46. The van der Waals surface area contributed by atoms with Gasteiger partial charge in [-0.2, -0.15) is 0 Å². The Bertz CT molecular complexity index is 379. The summed E-state index contributed by atoms with van der Waals surface area (Å²) in [5.41, 5.74) is 6.86. The maximum Gasteiger partial charge on any atom is 0.143 e. The summed E-state index contributed by atoms with van der Waals surface area (Å²) in [4.78, 5) is 6.10. The molecule has 0 bridgehead atoms. The number of nitrogens with zero attached hydrogens (tertiary/aromatic N) is 2. The van der Waals surface area contributed by atoms with E-state index in [9.17, 15) is 0 Å². The molecule has 17 heavy (non-hydrogen) atoms. The van der Waals surface area contributed by atoms with Crippen LogP contribution >= 0.6 is 0 Å². The average Bonchev–Trinajstić information content (AvgIpc) is 2.28. The van der Waals surface area contributed by atoms with Crippen LogP contribution in [0.25, 0.3) is 0 Å². The molecule has 0 radical (unpaired) electrons. The monoisotopic (exact) mass is 236 g/mol. The molecule has 1 heterocycles. The number of nitrogens with one attached hydrogen (secondary N) is 1. The van der Waals surface area contributed by atoms with E-state index in [1.54, 1.807) is 6.20 Å². The Morgan fingerprint density at radius 2 is 2.29 bits per heavy atom. The minimum absolute atomic E-state index is 0.0165. The first-order chi connectivity index (χ1) is 8.02. The summed E-state index contributed by atoms with van der Waals surface area (Å²) < 4.78 is 5.49. The number of likely N-dealkylation sites (N-methyl/N-ethyl adjacent to an activating group) is 1. The standard InChI is InChI=1S/C12H20N4O/c1-9(2)17-8-7-16(3)10-5-4-6-15-11(10)12(13)14/h4-6,9H,7-8H2,1-3H3,(H3,13,14). The van der Waals surface area contributed by atoms with Gasteiger partial charge in [0.1, 0.15) is 11.5 Å². The van der Waals surface area contributed by atoms with E-state index in [0.717, 1.165) is 12.2 Å². The first-order valence-corrected chi connectivity index (χ1v) is 5.64. The molecular formula is C12H20N4O. The Labute approximate surface area is 102 Å². The van der Waals surface area contributed by atoms with E-state index in [1.165, 1.54) is 0 Å². The second-order valence-corrected chi connectivity index (χ2v) is 4.13. The van der Waals surface area contributed by atoms with E-state index in [0.29, 0.717) is 12.3 Å². The van der Waals surface area contributed by atoms with E-state index in [2.05, 4.69) is 4.98 Å². The van der Waals surface area contributed by atoms with Crippen LogP contribution in [-0.2, 0) is 4.74 Å². The molecule has 0 saturated heterocycles. The first-order valence-electron chi connectivity index (χ1n) is 5.64. The molecule has 0 amide bonds.